The number of rotatable bonds is 4. The van der Waals surface area contributed by atoms with Gasteiger partial charge in [0.05, 0.1) is 5.41 Å². The van der Waals surface area contributed by atoms with E-state index in [1.807, 2.05) is 25.1 Å². The number of ether oxygens (including phenoxy) is 1. The van der Waals surface area contributed by atoms with Crippen LogP contribution in [0, 0.1) is 12.3 Å². The zero-order valence-corrected chi connectivity index (χ0v) is 8.19. The van der Waals surface area contributed by atoms with Gasteiger partial charge in [-0.05, 0) is 25.8 Å². The molecule has 1 aromatic rings. The first kappa shape index (κ1) is 9.19. The van der Waals surface area contributed by atoms with Crippen molar-refractivity contribution in [2.45, 2.75) is 19.8 Å². The summed E-state index contributed by atoms with van der Waals surface area (Å²) in [5.41, 5.74) is 0.726. The number of hydrogen-bond acceptors (Lipinski definition) is 3. The topological polar surface area (TPSA) is 39.2 Å². The van der Waals surface area contributed by atoms with Crippen LogP contribution in [0.2, 0.25) is 0 Å². The van der Waals surface area contributed by atoms with Gasteiger partial charge in [-0.25, -0.2) is 4.98 Å². The van der Waals surface area contributed by atoms with Crippen molar-refractivity contribution in [2.75, 3.05) is 6.61 Å². The third-order valence-electron chi connectivity index (χ3n) is 2.51. The van der Waals surface area contributed by atoms with Crippen LogP contribution in [0.25, 0.3) is 0 Å². The van der Waals surface area contributed by atoms with Gasteiger partial charge >= 0.3 is 0 Å². The molecule has 1 aromatic heterocycles. The lowest BCUT2D eigenvalue weighted by Crippen LogP contribution is -2.14. The van der Waals surface area contributed by atoms with Crippen molar-refractivity contribution in [3.05, 3.63) is 23.9 Å². The molecular weight excluding hydrogens is 178 g/mol. The van der Waals surface area contributed by atoms with E-state index in [0.717, 1.165) is 24.8 Å². The Kier molecular flexibility index (Phi) is 2.23. The zero-order valence-electron chi connectivity index (χ0n) is 8.19. The van der Waals surface area contributed by atoms with Crippen LogP contribution in [-0.4, -0.2) is 17.9 Å². The fourth-order valence-corrected chi connectivity index (χ4v) is 1.27. The lowest BCUT2D eigenvalue weighted by atomic mass is 10.1. The number of aryl methyl sites for hydroxylation is 1. The van der Waals surface area contributed by atoms with E-state index in [0.29, 0.717) is 12.5 Å². The molecule has 3 heteroatoms. The minimum absolute atomic E-state index is 0.203. The summed E-state index contributed by atoms with van der Waals surface area (Å²) in [4.78, 5) is 14.9. The summed E-state index contributed by atoms with van der Waals surface area (Å²) in [6.07, 6.45) is 2.90. The second-order valence-electron chi connectivity index (χ2n) is 3.89. The summed E-state index contributed by atoms with van der Waals surface area (Å²) in [7, 11) is 0. The number of hydrogen-bond donors (Lipinski definition) is 0. The van der Waals surface area contributed by atoms with E-state index in [2.05, 4.69) is 4.98 Å². The van der Waals surface area contributed by atoms with Gasteiger partial charge in [0.1, 0.15) is 12.9 Å². The molecule has 0 atom stereocenters. The molecule has 1 heterocycles. The molecule has 0 unspecified atom stereocenters. The molecule has 0 bridgehead atoms. The molecular formula is C11H13NO2. The lowest BCUT2D eigenvalue weighted by Gasteiger charge is -2.08. The molecule has 0 N–H and O–H groups in total. The van der Waals surface area contributed by atoms with Crippen molar-refractivity contribution in [1.82, 2.24) is 4.98 Å². The van der Waals surface area contributed by atoms with Gasteiger partial charge in [-0.1, -0.05) is 6.07 Å². The second-order valence-corrected chi connectivity index (χ2v) is 3.89. The largest absolute Gasteiger partial charge is 0.477 e. The van der Waals surface area contributed by atoms with Crippen molar-refractivity contribution < 1.29 is 9.53 Å². The van der Waals surface area contributed by atoms with Crippen molar-refractivity contribution in [3.63, 3.8) is 0 Å². The third kappa shape index (κ3) is 1.92. The maximum Gasteiger partial charge on any atom is 0.213 e. The van der Waals surface area contributed by atoms with E-state index in [-0.39, 0.29) is 5.41 Å². The Balaban J connectivity index is 1.95. The maximum atomic E-state index is 10.7. The molecule has 74 valence electrons. The number of aldehydes is 1. The molecule has 0 amide bonds. The first-order valence-electron chi connectivity index (χ1n) is 4.77. The second kappa shape index (κ2) is 3.40. The van der Waals surface area contributed by atoms with Crippen molar-refractivity contribution in [2.24, 2.45) is 5.41 Å². The van der Waals surface area contributed by atoms with E-state index in [4.69, 9.17) is 4.74 Å². The Morgan fingerprint density at radius 2 is 2.36 bits per heavy atom. The number of nitrogens with zero attached hydrogens (tertiary/aromatic N) is 1. The van der Waals surface area contributed by atoms with E-state index in [1.165, 1.54) is 0 Å². The van der Waals surface area contributed by atoms with Crippen molar-refractivity contribution in [3.8, 4) is 5.88 Å². The molecule has 0 aromatic carbocycles. The molecule has 0 aliphatic heterocycles. The number of aromatic nitrogens is 1. The van der Waals surface area contributed by atoms with E-state index < -0.39 is 0 Å². The molecule has 1 aliphatic rings. The molecule has 0 spiro atoms. The van der Waals surface area contributed by atoms with Gasteiger partial charge in [0.2, 0.25) is 5.88 Å². The predicted molar refractivity (Wildman–Crippen MR) is 52.2 cm³/mol. The Morgan fingerprint density at radius 3 is 2.93 bits per heavy atom. The first-order chi connectivity index (χ1) is 6.74. The number of carbonyl (C=O) groups excluding carboxylic acids is 1. The summed E-state index contributed by atoms with van der Waals surface area (Å²) in [5.74, 6) is 0.609. The summed E-state index contributed by atoms with van der Waals surface area (Å²) in [6, 6.07) is 5.63. The fourth-order valence-electron chi connectivity index (χ4n) is 1.27. The third-order valence-corrected chi connectivity index (χ3v) is 2.51. The van der Waals surface area contributed by atoms with Gasteiger partial charge in [-0.3, -0.25) is 0 Å². The summed E-state index contributed by atoms with van der Waals surface area (Å²) in [6.45, 7) is 2.38. The molecule has 0 radical (unpaired) electrons. The minimum atomic E-state index is -0.203. The van der Waals surface area contributed by atoms with Gasteiger partial charge in [0.15, 0.2) is 0 Å². The Hall–Kier alpha value is -1.38. The smallest absolute Gasteiger partial charge is 0.213 e. The van der Waals surface area contributed by atoms with Gasteiger partial charge in [0.25, 0.3) is 0 Å². The zero-order chi connectivity index (χ0) is 10.0. The van der Waals surface area contributed by atoms with Gasteiger partial charge in [-0.2, -0.15) is 0 Å². The lowest BCUT2D eigenvalue weighted by molar-refractivity contribution is -0.113. The van der Waals surface area contributed by atoms with Gasteiger partial charge < -0.3 is 9.53 Å². The van der Waals surface area contributed by atoms with Crippen LogP contribution >= 0.6 is 0 Å². The van der Waals surface area contributed by atoms with Gasteiger partial charge in [0, 0.05) is 11.8 Å². The van der Waals surface area contributed by atoms with Crippen LogP contribution in [0.5, 0.6) is 5.88 Å². The number of carbonyl (C=O) groups is 1. The molecule has 1 fully saturated rings. The average Bonchev–Trinajstić information content (AvgIpc) is 2.96. The maximum absolute atomic E-state index is 10.7. The van der Waals surface area contributed by atoms with Crippen LogP contribution in [0.3, 0.4) is 0 Å². The number of pyridine rings is 1. The predicted octanol–water partition coefficient (Wildman–Crippen LogP) is 1.75. The Morgan fingerprint density at radius 1 is 1.57 bits per heavy atom. The highest BCUT2D eigenvalue weighted by Gasteiger charge is 2.43. The standard InChI is InChI=1S/C11H13NO2/c1-9-3-2-4-10(12-9)14-8-11(7-13)5-6-11/h2-4,7H,5-6,8H2,1H3. The summed E-state index contributed by atoms with van der Waals surface area (Å²) < 4.78 is 5.46. The molecule has 3 nitrogen and oxygen atoms in total. The van der Waals surface area contributed by atoms with Crippen LogP contribution in [0.1, 0.15) is 18.5 Å². The Labute approximate surface area is 83.1 Å². The van der Waals surface area contributed by atoms with Crippen LogP contribution in [-0.2, 0) is 4.79 Å². The fraction of sp³-hybridized carbons (Fsp3) is 0.455. The highest BCUT2D eigenvalue weighted by atomic mass is 16.5. The summed E-state index contributed by atoms with van der Waals surface area (Å²) >= 11 is 0. The van der Waals surface area contributed by atoms with Crippen molar-refractivity contribution >= 4 is 6.29 Å². The van der Waals surface area contributed by atoms with Crippen LogP contribution < -0.4 is 4.74 Å². The van der Waals surface area contributed by atoms with Crippen LogP contribution in [0.15, 0.2) is 18.2 Å². The van der Waals surface area contributed by atoms with Crippen LogP contribution in [0.4, 0.5) is 0 Å². The summed E-state index contributed by atoms with van der Waals surface area (Å²) in [5, 5.41) is 0. The highest BCUT2D eigenvalue weighted by molar-refractivity contribution is 5.63. The van der Waals surface area contributed by atoms with E-state index >= 15 is 0 Å². The SMILES string of the molecule is Cc1cccc(OCC2(C=O)CC2)n1. The molecule has 1 saturated carbocycles. The normalized spacial score (nSPS) is 17.5. The first-order valence-corrected chi connectivity index (χ1v) is 4.77. The molecule has 14 heavy (non-hydrogen) atoms. The monoisotopic (exact) mass is 191 g/mol. The molecule has 1 aliphatic carbocycles. The van der Waals surface area contributed by atoms with E-state index in [9.17, 15) is 4.79 Å². The average molecular weight is 191 g/mol. The Bertz CT molecular complexity index is 345. The molecule has 0 saturated heterocycles. The minimum Gasteiger partial charge on any atom is -0.477 e. The van der Waals surface area contributed by atoms with Crippen molar-refractivity contribution in [1.29, 1.82) is 0 Å². The molecule has 2 rings (SSSR count). The van der Waals surface area contributed by atoms with Gasteiger partial charge in [-0.15, -0.1) is 0 Å². The highest BCUT2D eigenvalue weighted by Crippen LogP contribution is 2.43. The van der Waals surface area contributed by atoms with E-state index in [1.54, 1.807) is 0 Å². The quantitative estimate of drug-likeness (QED) is 0.680.